The van der Waals surface area contributed by atoms with Gasteiger partial charge in [0.05, 0.1) is 0 Å². The van der Waals surface area contributed by atoms with E-state index in [9.17, 15) is 0 Å². The summed E-state index contributed by atoms with van der Waals surface area (Å²) in [6.45, 7) is 0. The second-order valence-electron chi connectivity index (χ2n) is 6.74. The van der Waals surface area contributed by atoms with E-state index in [4.69, 9.17) is 0 Å². The first-order chi connectivity index (χ1) is 14.9. The first-order valence-electron chi connectivity index (χ1n) is 9.87. The Kier molecular flexibility index (Phi) is 7.56. The average molecular weight is 516 g/mol. The second kappa shape index (κ2) is 11.0. The fraction of sp³-hybridized carbons (Fsp3) is 0. The molecule has 146 valence electrons. The molecule has 0 saturated heterocycles. The van der Waals surface area contributed by atoms with Crippen LogP contribution in [0.3, 0.4) is 0 Å². The third-order valence-electron chi connectivity index (χ3n) is 4.53. The van der Waals surface area contributed by atoms with E-state index in [0.717, 1.165) is 0 Å². The van der Waals surface area contributed by atoms with Crippen LogP contribution in [0.15, 0.2) is 121 Å². The fourth-order valence-corrected chi connectivity index (χ4v) is 10.2. The first kappa shape index (κ1) is 20.7. The van der Waals surface area contributed by atoms with Crippen LogP contribution in [0.4, 0.5) is 0 Å². The van der Waals surface area contributed by atoms with Crippen molar-refractivity contribution in [3.63, 3.8) is 0 Å². The van der Waals surface area contributed by atoms with Crippen molar-refractivity contribution in [1.82, 2.24) is 0 Å². The molecule has 0 bridgehead atoms. The van der Waals surface area contributed by atoms with Gasteiger partial charge in [0.25, 0.3) is 0 Å². The zero-order valence-corrected chi connectivity index (χ0v) is 19.9. The van der Waals surface area contributed by atoms with Crippen molar-refractivity contribution in [3.8, 4) is 0 Å². The van der Waals surface area contributed by atoms with Crippen LogP contribution in [-0.4, -0.2) is 26.3 Å². The van der Waals surface area contributed by atoms with Gasteiger partial charge < -0.3 is 0 Å². The molecule has 0 spiro atoms. The van der Waals surface area contributed by atoms with Crippen molar-refractivity contribution in [3.05, 3.63) is 144 Å². The van der Waals surface area contributed by atoms with Gasteiger partial charge >= 0.3 is 191 Å². The van der Waals surface area contributed by atoms with Gasteiger partial charge in [-0.15, -0.1) is 0 Å². The van der Waals surface area contributed by atoms with Crippen LogP contribution >= 0.6 is 0 Å². The maximum atomic E-state index is 2.36. The van der Waals surface area contributed by atoms with Crippen LogP contribution < -0.4 is 0 Å². The van der Waals surface area contributed by atoms with Gasteiger partial charge in [0.15, 0.2) is 0 Å². The molecule has 2 heteroatoms. The third kappa shape index (κ3) is 5.95. The predicted octanol–water partition coefficient (Wildman–Crippen LogP) is 6.71. The van der Waals surface area contributed by atoms with Crippen molar-refractivity contribution in [2.24, 2.45) is 0 Å². The summed E-state index contributed by atoms with van der Waals surface area (Å²) in [5.41, 5.74) is 5.19. The summed E-state index contributed by atoms with van der Waals surface area (Å²) in [4.78, 5) is 0. The number of hydrogen-bond donors (Lipinski definition) is 0. The summed E-state index contributed by atoms with van der Waals surface area (Å²) in [6, 6.07) is 43.0. The molecule has 4 aromatic rings. The van der Waals surface area contributed by atoms with Crippen LogP contribution in [0.5, 0.6) is 0 Å². The first-order valence-corrected chi connectivity index (χ1v) is 15.9. The summed E-state index contributed by atoms with van der Waals surface area (Å²) in [7, 11) is 0. The van der Waals surface area contributed by atoms with Crippen molar-refractivity contribution >= 4 is 47.4 Å². The van der Waals surface area contributed by atoms with E-state index in [1.807, 2.05) is 0 Å². The normalized spacial score (nSPS) is 12.0. The standard InChI is InChI=1S/C28H22Se2/c1-5-13-23(14-6-1)21-27(25-17-9-3-10-18-25)29-30-28(26-19-11-4-12-20-26)22-24-15-7-2-8-16-24/h1-22H/b27-21+,28-22+. The molecule has 0 nitrogen and oxygen atoms in total. The van der Waals surface area contributed by atoms with Crippen LogP contribution in [-0.2, 0) is 0 Å². The van der Waals surface area contributed by atoms with Gasteiger partial charge in [-0.1, -0.05) is 0 Å². The van der Waals surface area contributed by atoms with Gasteiger partial charge in [-0.3, -0.25) is 0 Å². The van der Waals surface area contributed by atoms with Crippen LogP contribution in [0.2, 0.25) is 0 Å². The average Bonchev–Trinajstić information content (AvgIpc) is 2.83. The Bertz CT molecular complexity index is 1010. The molecule has 0 N–H and O–H groups in total. The molecule has 4 rings (SSSR count). The molecule has 0 fully saturated rings. The summed E-state index contributed by atoms with van der Waals surface area (Å²) >= 11 is 0.724. The Labute approximate surface area is 190 Å². The molecule has 0 saturated carbocycles. The van der Waals surface area contributed by atoms with E-state index >= 15 is 0 Å². The predicted molar refractivity (Wildman–Crippen MR) is 133 cm³/mol. The van der Waals surface area contributed by atoms with Gasteiger partial charge in [-0.05, 0) is 0 Å². The molecule has 30 heavy (non-hydrogen) atoms. The summed E-state index contributed by atoms with van der Waals surface area (Å²) < 4.78 is 2.90. The second-order valence-corrected chi connectivity index (χ2v) is 12.9. The summed E-state index contributed by atoms with van der Waals surface area (Å²) in [5, 5.41) is 0. The monoisotopic (exact) mass is 518 g/mol. The van der Waals surface area contributed by atoms with Crippen LogP contribution in [0.25, 0.3) is 21.1 Å². The van der Waals surface area contributed by atoms with Crippen LogP contribution in [0, 0.1) is 0 Å². The van der Waals surface area contributed by atoms with Gasteiger partial charge in [-0.2, -0.15) is 0 Å². The van der Waals surface area contributed by atoms with Crippen LogP contribution in [0.1, 0.15) is 22.3 Å². The Balaban J connectivity index is 1.66. The van der Waals surface area contributed by atoms with E-state index < -0.39 is 0 Å². The minimum atomic E-state index is 0.362. The summed E-state index contributed by atoms with van der Waals surface area (Å²) in [6.07, 6.45) is 4.73. The molecule has 0 radical (unpaired) electrons. The van der Waals surface area contributed by atoms with Crippen molar-refractivity contribution in [1.29, 1.82) is 0 Å². The van der Waals surface area contributed by atoms with Crippen molar-refractivity contribution < 1.29 is 0 Å². The molecule has 0 aliphatic heterocycles. The third-order valence-corrected chi connectivity index (χ3v) is 11.8. The Morgan fingerprint density at radius 3 is 1.03 bits per heavy atom. The van der Waals surface area contributed by atoms with Gasteiger partial charge in [0.1, 0.15) is 0 Å². The molecule has 4 aromatic carbocycles. The summed E-state index contributed by atoms with van der Waals surface area (Å²) in [5.74, 6) is 0. The fourth-order valence-electron chi connectivity index (χ4n) is 3.01. The number of benzene rings is 4. The molecule has 0 unspecified atom stereocenters. The quantitative estimate of drug-likeness (QED) is 0.189. The van der Waals surface area contributed by atoms with E-state index in [0.29, 0.717) is 26.3 Å². The molecule has 0 heterocycles. The molecule has 0 atom stereocenters. The Hall–Kier alpha value is -2.60. The van der Waals surface area contributed by atoms with E-state index in [-0.39, 0.29) is 0 Å². The van der Waals surface area contributed by atoms with E-state index in [2.05, 4.69) is 133 Å². The molecule has 0 aliphatic rings. The minimum absolute atomic E-state index is 0.362. The Morgan fingerprint density at radius 2 is 0.700 bits per heavy atom. The van der Waals surface area contributed by atoms with Gasteiger partial charge in [0.2, 0.25) is 0 Å². The molecular formula is C28H22Se2. The van der Waals surface area contributed by atoms with Gasteiger partial charge in [0, 0.05) is 0 Å². The van der Waals surface area contributed by atoms with Crippen molar-refractivity contribution in [2.75, 3.05) is 0 Å². The van der Waals surface area contributed by atoms with Gasteiger partial charge in [-0.25, -0.2) is 0 Å². The maximum absolute atomic E-state index is 2.36. The SMILES string of the molecule is C(=C(\[Se][Se]/C(=C/c1ccccc1)c1ccccc1)c1ccccc1)/c1ccccc1. The van der Waals surface area contributed by atoms with Crippen molar-refractivity contribution in [2.45, 2.75) is 0 Å². The molecular weight excluding hydrogens is 494 g/mol. The topological polar surface area (TPSA) is 0 Å². The zero-order chi connectivity index (χ0) is 20.4. The molecule has 0 amide bonds. The van der Waals surface area contributed by atoms with E-state index in [1.165, 1.54) is 31.2 Å². The van der Waals surface area contributed by atoms with E-state index in [1.54, 1.807) is 0 Å². The molecule has 0 aromatic heterocycles. The number of hydrogen-bond acceptors (Lipinski definition) is 0. The zero-order valence-electron chi connectivity index (χ0n) is 16.5. The molecule has 0 aliphatic carbocycles. The number of rotatable bonds is 7. The Morgan fingerprint density at radius 1 is 0.400 bits per heavy atom.